The van der Waals surface area contributed by atoms with Crippen molar-refractivity contribution >= 4 is 11.7 Å². The minimum Gasteiger partial charge on any atom is -0.327 e. The molecule has 1 N–H and O–H groups in total. The zero-order valence-electron chi connectivity index (χ0n) is 12.8. The van der Waals surface area contributed by atoms with Crippen molar-refractivity contribution in [2.45, 2.75) is 20.4 Å². The zero-order valence-corrected chi connectivity index (χ0v) is 12.8. The van der Waals surface area contributed by atoms with Gasteiger partial charge < -0.3 is 10.2 Å². The van der Waals surface area contributed by atoms with E-state index in [4.69, 9.17) is 0 Å². The van der Waals surface area contributed by atoms with Crippen molar-refractivity contribution in [2.24, 2.45) is 5.92 Å². The summed E-state index contributed by atoms with van der Waals surface area (Å²) >= 11 is 0. The molecule has 21 heavy (non-hydrogen) atoms. The average Bonchev–Trinajstić information content (AvgIpc) is 2.93. The molecule has 2 aromatic rings. The number of carbonyl (C=O) groups excluding carboxylic acids is 1. The number of nitrogens with zero attached hydrogens (tertiary/aromatic N) is 3. The Labute approximate surface area is 125 Å². The highest BCUT2D eigenvalue weighted by Gasteiger charge is 2.12. The maximum absolute atomic E-state index is 12.2. The van der Waals surface area contributed by atoms with Crippen molar-refractivity contribution in [3.05, 3.63) is 48.3 Å². The van der Waals surface area contributed by atoms with Crippen LogP contribution in [0.15, 0.2) is 42.7 Å². The molecule has 5 heteroatoms. The molecule has 0 unspecified atom stereocenters. The smallest absolute Gasteiger partial charge is 0.321 e. The number of amides is 2. The van der Waals surface area contributed by atoms with Gasteiger partial charge in [0.05, 0.1) is 6.54 Å². The summed E-state index contributed by atoms with van der Waals surface area (Å²) in [6.07, 6.45) is 3.65. The first kappa shape index (κ1) is 15.1. The Hall–Kier alpha value is -2.30. The Balaban J connectivity index is 2.07. The van der Waals surface area contributed by atoms with Crippen LogP contribution in [0.3, 0.4) is 0 Å². The van der Waals surface area contributed by atoms with E-state index in [0.717, 1.165) is 17.8 Å². The van der Waals surface area contributed by atoms with Crippen molar-refractivity contribution in [1.82, 2.24) is 14.7 Å². The molecule has 0 saturated heterocycles. The summed E-state index contributed by atoms with van der Waals surface area (Å²) < 4.78 is 1.84. The van der Waals surface area contributed by atoms with E-state index in [1.54, 1.807) is 11.1 Å². The molecule has 0 aliphatic rings. The lowest BCUT2D eigenvalue weighted by atomic mass is 10.1. The molecule has 2 amide bonds. The number of urea groups is 1. The van der Waals surface area contributed by atoms with E-state index in [1.807, 2.05) is 48.3 Å². The molecule has 1 aromatic carbocycles. The molecule has 112 valence electrons. The van der Waals surface area contributed by atoms with Gasteiger partial charge in [0.2, 0.25) is 0 Å². The predicted octanol–water partition coefficient (Wildman–Crippen LogP) is 3.05. The molecule has 1 heterocycles. The van der Waals surface area contributed by atoms with Crippen molar-refractivity contribution in [2.75, 3.05) is 18.9 Å². The van der Waals surface area contributed by atoms with Crippen LogP contribution in [0.2, 0.25) is 0 Å². The third-order valence-electron chi connectivity index (χ3n) is 3.14. The number of nitrogens with one attached hydrogen (secondary N) is 1. The van der Waals surface area contributed by atoms with Crippen molar-refractivity contribution < 1.29 is 4.79 Å². The zero-order chi connectivity index (χ0) is 15.2. The van der Waals surface area contributed by atoms with Crippen LogP contribution in [0.5, 0.6) is 0 Å². The predicted molar refractivity (Wildman–Crippen MR) is 84.3 cm³/mol. The summed E-state index contributed by atoms with van der Waals surface area (Å²) in [5, 5.41) is 7.17. The second-order valence-electron chi connectivity index (χ2n) is 5.57. The number of hydrogen-bond donors (Lipinski definition) is 1. The number of para-hydroxylation sites is 1. The lowest BCUT2D eigenvalue weighted by Gasteiger charge is -2.21. The van der Waals surface area contributed by atoms with Gasteiger partial charge in [-0.2, -0.15) is 5.10 Å². The summed E-state index contributed by atoms with van der Waals surface area (Å²) in [5.41, 5.74) is 1.86. The van der Waals surface area contributed by atoms with E-state index in [2.05, 4.69) is 24.3 Å². The second-order valence-corrected chi connectivity index (χ2v) is 5.57. The van der Waals surface area contributed by atoms with E-state index >= 15 is 0 Å². The molecule has 0 bridgehead atoms. The fourth-order valence-electron chi connectivity index (χ4n) is 2.19. The van der Waals surface area contributed by atoms with E-state index in [-0.39, 0.29) is 6.03 Å². The molecule has 0 fully saturated rings. The summed E-state index contributed by atoms with van der Waals surface area (Å²) in [6.45, 7) is 5.55. The quantitative estimate of drug-likeness (QED) is 0.918. The summed E-state index contributed by atoms with van der Waals surface area (Å²) in [7, 11) is 1.81. The van der Waals surface area contributed by atoms with E-state index in [9.17, 15) is 4.79 Å². The van der Waals surface area contributed by atoms with Gasteiger partial charge in [0.25, 0.3) is 0 Å². The number of hydrogen-bond acceptors (Lipinski definition) is 2. The molecular formula is C16H22N4O. The van der Waals surface area contributed by atoms with Gasteiger partial charge in [-0.15, -0.1) is 0 Å². The highest BCUT2D eigenvalue weighted by atomic mass is 16.2. The molecule has 1 aromatic heterocycles. The molecule has 0 aliphatic heterocycles. The fourth-order valence-corrected chi connectivity index (χ4v) is 2.19. The van der Waals surface area contributed by atoms with Gasteiger partial charge in [-0.25, -0.2) is 4.79 Å². The van der Waals surface area contributed by atoms with Crippen molar-refractivity contribution in [1.29, 1.82) is 0 Å². The van der Waals surface area contributed by atoms with E-state index in [1.165, 1.54) is 0 Å². The number of anilines is 1. The Kier molecular flexibility index (Phi) is 4.98. The Morgan fingerprint density at radius 3 is 2.76 bits per heavy atom. The largest absolute Gasteiger partial charge is 0.327 e. The van der Waals surface area contributed by atoms with Gasteiger partial charge >= 0.3 is 6.03 Å². The van der Waals surface area contributed by atoms with Gasteiger partial charge in [0.15, 0.2) is 0 Å². The van der Waals surface area contributed by atoms with Crippen LogP contribution in [-0.4, -0.2) is 34.3 Å². The third kappa shape index (κ3) is 4.34. The number of aromatic nitrogens is 2. The maximum atomic E-state index is 12.2. The highest BCUT2D eigenvalue weighted by molar-refractivity contribution is 5.90. The minimum atomic E-state index is -0.0865. The van der Waals surface area contributed by atoms with Crippen LogP contribution in [0.1, 0.15) is 19.4 Å². The van der Waals surface area contributed by atoms with Gasteiger partial charge in [0.1, 0.15) is 0 Å². The second kappa shape index (κ2) is 6.92. The molecular weight excluding hydrogens is 264 g/mol. The maximum Gasteiger partial charge on any atom is 0.321 e. The summed E-state index contributed by atoms with van der Waals surface area (Å²) in [6, 6.07) is 9.60. The van der Waals surface area contributed by atoms with Crippen LogP contribution in [0.25, 0.3) is 0 Å². The lowest BCUT2D eigenvalue weighted by Crippen LogP contribution is -2.34. The van der Waals surface area contributed by atoms with Gasteiger partial charge in [-0.1, -0.05) is 32.0 Å². The average molecular weight is 286 g/mol. The van der Waals surface area contributed by atoms with Gasteiger partial charge in [0, 0.05) is 31.7 Å². The molecule has 2 rings (SSSR count). The summed E-state index contributed by atoms with van der Waals surface area (Å²) in [5.74, 6) is 0.445. The Morgan fingerprint density at radius 2 is 2.10 bits per heavy atom. The Morgan fingerprint density at radius 1 is 1.33 bits per heavy atom. The van der Waals surface area contributed by atoms with Crippen LogP contribution in [0, 0.1) is 5.92 Å². The molecule has 0 aliphatic carbocycles. The van der Waals surface area contributed by atoms with Crippen LogP contribution in [0.4, 0.5) is 10.5 Å². The number of carbonyl (C=O) groups is 1. The molecule has 0 spiro atoms. The summed E-state index contributed by atoms with van der Waals surface area (Å²) in [4.78, 5) is 13.9. The van der Waals surface area contributed by atoms with Crippen LogP contribution in [-0.2, 0) is 6.54 Å². The highest BCUT2D eigenvalue weighted by Crippen LogP contribution is 2.16. The number of benzene rings is 1. The normalized spacial score (nSPS) is 10.7. The Bertz CT molecular complexity index is 578. The SMILES string of the molecule is CC(C)CN(C)C(=O)Nc1ccccc1Cn1cccn1. The molecule has 0 atom stereocenters. The van der Waals surface area contributed by atoms with E-state index < -0.39 is 0 Å². The number of rotatable bonds is 5. The van der Waals surface area contributed by atoms with E-state index in [0.29, 0.717) is 12.5 Å². The van der Waals surface area contributed by atoms with Crippen molar-refractivity contribution in [3.63, 3.8) is 0 Å². The monoisotopic (exact) mass is 286 g/mol. The minimum absolute atomic E-state index is 0.0865. The third-order valence-corrected chi connectivity index (χ3v) is 3.14. The fraction of sp³-hybridized carbons (Fsp3) is 0.375. The molecule has 0 saturated carbocycles. The molecule has 5 nitrogen and oxygen atoms in total. The van der Waals surface area contributed by atoms with Crippen LogP contribution < -0.4 is 5.32 Å². The first-order valence-electron chi connectivity index (χ1n) is 7.13. The van der Waals surface area contributed by atoms with Gasteiger partial charge in [-0.05, 0) is 23.6 Å². The van der Waals surface area contributed by atoms with Gasteiger partial charge in [-0.3, -0.25) is 4.68 Å². The van der Waals surface area contributed by atoms with Crippen molar-refractivity contribution in [3.8, 4) is 0 Å². The van der Waals surface area contributed by atoms with Crippen LogP contribution >= 0.6 is 0 Å². The topological polar surface area (TPSA) is 50.2 Å². The standard InChI is InChI=1S/C16H22N4O/c1-13(2)11-19(3)16(21)18-15-8-5-4-7-14(15)12-20-10-6-9-17-20/h4-10,13H,11-12H2,1-3H3,(H,18,21). The first-order valence-corrected chi connectivity index (χ1v) is 7.13. The molecule has 0 radical (unpaired) electrons. The first-order chi connectivity index (χ1) is 10.1. The lowest BCUT2D eigenvalue weighted by molar-refractivity contribution is 0.217.